The molecule has 2 amide bonds. The number of nitrogens with one attached hydrogen (secondary N) is 1. The summed E-state index contributed by atoms with van der Waals surface area (Å²) in [6.45, 7) is 0. The normalized spacial score (nSPS) is 21.0. The van der Waals surface area contributed by atoms with Crippen LogP contribution in [0.5, 0.6) is 0 Å². The lowest BCUT2D eigenvalue weighted by Gasteiger charge is -2.03. The third-order valence-electron chi connectivity index (χ3n) is 2.03. The third-order valence-corrected chi connectivity index (χ3v) is 3.01. The van der Waals surface area contributed by atoms with Crippen LogP contribution in [0, 0.1) is 0 Å². The molecule has 0 aromatic heterocycles. The summed E-state index contributed by atoms with van der Waals surface area (Å²) in [6, 6.07) is 9.69. The predicted octanol–water partition coefficient (Wildman–Crippen LogP) is 1.58. The summed E-state index contributed by atoms with van der Waals surface area (Å²) in [7, 11) is 0. The molecule has 1 heterocycles. The maximum absolute atomic E-state index is 11.2. The summed E-state index contributed by atoms with van der Waals surface area (Å²) in [5, 5.41) is 1.77. The molecule has 1 N–H and O–H groups in total. The Morgan fingerprint density at radius 1 is 1.21 bits per heavy atom. The fourth-order valence-corrected chi connectivity index (χ4v) is 2.22. The smallest absolute Gasteiger partial charge is 0.286 e. The van der Waals surface area contributed by atoms with Crippen molar-refractivity contribution in [2.75, 3.05) is 0 Å². The van der Waals surface area contributed by atoms with Crippen molar-refractivity contribution < 1.29 is 9.59 Å². The van der Waals surface area contributed by atoms with Crippen molar-refractivity contribution in [2.45, 2.75) is 11.7 Å². The number of thioether (sulfide) groups is 1. The van der Waals surface area contributed by atoms with Crippen molar-refractivity contribution in [3.8, 4) is 0 Å². The average molecular weight is 207 g/mol. The van der Waals surface area contributed by atoms with Gasteiger partial charge in [-0.3, -0.25) is 14.9 Å². The fourth-order valence-electron chi connectivity index (χ4n) is 1.36. The van der Waals surface area contributed by atoms with E-state index in [1.54, 1.807) is 0 Å². The van der Waals surface area contributed by atoms with Gasteiger partial charge in [0.25, 0.3) is 5.24 Å². The molecule has 1 aromatic carbocycles. The van der Waals surface area contributed by atoms with Crippen LogP contribution in [0.25, 0.3) is 0 Å². The number of imide groups is 1. The van der Waals surface area contributed by atoms with Gasteiger partial charge in [-0.15, -0.1) is 0 Å². The molecule has 0 unspecified atom stereocenters. The SMILES string of the molecule is O=C1NC(=O)[C@H](Cc2ccccc2)S1. The second kappa shape index (κ2) is 3.84. The monoisotopic (exact) mass is 207 g/mol. The molecule has 0 radical (unpaired) electrons. The number of carbonyl (C=O) groups excluding carboxylic acids is 2. The molecule has 1 fully saturated rings. The molecule has 4 heteroatoms. The molecule has 1 aliphatic heterocycles. The van der Waals surface area contributed by atoms with Gasteiger partial charge in [0.1, 0.15) is 0 Å². The molecule has 0 saturated carbocycles. The topological polar surface area (TPSA) is 46.2 Å². The van der Waals surface area contributed by atoms with E-state index < -0.39 is 0 Å². The van der Waals surface area contributed by atoms with Crippen LogP contribution in [-0.2, 0) is 11.2 Å². The highest BCUT2D eigenvalue weighted by Gasteiger charge is 2.31. The van der Waals surface area contributed by atoms with E-state index in [-0.39, 0.29) is 16.4 Å². The second-order valence-electron chi connectivity index (χ2n) is 3.07. The Labute approximate surface area is 85.9 Å². The molecule has 0 aliphatic carbocycles. The Hall–Kier alpha value is -1.29. The number of amides is 2. The van der Waals surface area contributed by atoms with Crippen LogP contribution >= 0.6 is 11.8 Å². The van der Waals surface area contributed by atoms with Crippen molar-refractivity contribution in [3.05, 3.63) is 35.9 Å². The largest absolute Gasteiger partial charge is 0.286 e. The lowest BCUT2D eigenvalue weighted by Crippen LogP contribution is -2.25. The van der Waals surface area contributed by atoms with Gasteiger partial charge in [0.05, 0.1) is 5.25 Å². The molecule has 0 spiro atoms. The summed E-state index contributed by atoms with van der Waals surface area (Å²) in [6.07, 6.45) is 0.614. The van der Waals surface area contributed by atoms with E-state index in [1.165, 1.54) is 0 Å². The van der Waals surface area contributed by atoms with Crippen molar-refractivity contribution in [3.63, 3.8) is 0 Å². The quantitative estimate of drug-likeness (QED) is 0.800. The van der Waals surface area contributed by atoms with E-state index in [9.17, 15) is 9.59 Å². The van der Waals surface area contributed by atoms with Crippen molar-refractivity contribution in [2.24, 2.45) is 0 Å². The molecule has 14 heavy (non-hydrogen) atoms. The van der Waals surface area contributed by atoms with Crippen LogP contribution in [0.3, 0.4) is 0 Å². The summed E-state index contributed by atoms with van der Waals surface area (Å²) in [5.74, 6) is -0.177. The van der Waals surface area contributed by atoms with Gasteiger partial charge in [-0.1, -0.05) is 42.1 Å². The minimum Gasteiger partial charge on any atom is -0.286 e. The summed E-state index contributed by atoms with van der Waals surface area (Å²) in [5.41, 5.74) is 1.08. The molecular formula is C10H9NO2S. The number of hydrogen-bond acceptors (Lipinski definition) is 3. The number of rotatable bonds is 2. The Morgan fingerprint density at radius 3 is 2.50 bits per heavy atom. The fraction of sp³-hybridized carbons (Fsp3) is 0.200. The molecule has 1 saturated heterocycles. The van der Waals surface area contributed by atoms with Crippen LogP contribution in [0.2, 0.25) is 0 Å². The standard InChI is InChI=1S/C10H9NO2S/c12-9-8(14-10(13)11-9)6-7-4-2-1-3-5-7/h1-5,8H,6H2,(H,11,12,13)/t8-/m0/s1. The van der Waals surface area contributed by atoms with Gasteiger partial charge in [-0.25, -0.2) is 0 Å². The van der Waals surface area contributed by atoms with Gasteiger partial charge < -0.3 is 0 Å². The first-order chi connectivity index (χ1) is 6.75. The van der Waals surface area contributed by atoms with E-state index in [0.717, 1.165) is 17.3 Å². The second-order valence-corrected chi connectivity index (χ2v) is 4.25. The highest BCUT2D eigenvalue weighted by Crippen LogP contribution is 2.22. The lowest BCUT2D eigenvalue weighted by molar-refractivity contribution is -0.118. The molecule has 1 aliphatic rings. The Balaban J connectivity index is 2.05. The van der Waals surface area contributed by atoms with Crippen molar-refractivity contribution in [1.82, 2.24) is 5.32 Å². The summed E-state index contributed by atoms with van der Waals surface area (Å²) >= 11 is 1.07. The molecule has 2 rings (SSSR count). The molecule has 1 atom stereocenters. The zero-order valence-electron chi connectivity index (χ0n) is 7.40. The van der Waals surface area contributed by atoms with Crippen LogP contribution in [0.15, 0.2) is 30.3 Å². The van der Waals surface area contributed by atoms with Crippen molar-refractivity contribution >= 4 is 22.9 Å². The Bertz CT molecular complexity index is 364. The highest BCUT2D eigenvalue weighted by molar-refractivity contribution is 8.15. The number of hydrogen-bond donors (Lipinski definition) is 1. The first-order valence-corrected chi connectivity index (χ1v) is 5.19. The van der Waals surface area contributed by atoms with Gasteiger partial charge in [0.2, 0.25) is 5.91 Å². The molecular weight excluding hydrogens is 198 g/mol. The Morgan fingerprint density at radius 2 is 1.93 bits per heavy atom. The summed E-state index contributed by atoms with van der Waals surface area (Å²) in [4.78, 5) is 22.1. The summed E-state index contributed by atoms with van der Waals surface area (Å²) < 4.78 is 0. The maximum atomic E-state index is 11.2. The van der Waals surface area contributed by atoms with Crippen molar-refractivity contribution in [1.29, 1.82) is 0 Å². The van der Waals surface area contributed by atoms with Gasteiger partial charge in [0.15, 0.2) is 0 Å². The van der Waals surface area contributed by atoms with E-state index in [1.807, 2.05) is 30.3 Å². The highest BCUT2D eigenvalue weighted by atomic mass is 32.2. The van der Waals surface area contributed by atoms with Crippen LogP contribution in [-0.4, -0.2) is 16.4 Å². The third kappa shape index (κ3) is 1.96. The van der Waals surface area contributed by atoms with Gasteiger partial charge >= 0.3 is 0 Å². The molecule has 0 bridgehead atoms. The van der Waals surface area contributed by atoms with Gasteiger partial charge in [0, 0.05) is 0 Å². The zero-order valence-corrected chi connectivity index (χ0v) is 8.21. The van der Waals surface area contributed by atoms with Crippen LogP contribution in [0.4, 0.5) is 4.79 Å². The lowest BCUT2D eigenvalue weighted by atomic mass is 10.1. The van der Waals surface area contributed by atoms with Gasteiger partial charge in [-0.2, -0.15) is 0 Å². The van der Waals surface area contributed by atoms with Crippen LogP contribution < -0.4 is 5.32 Å². The number of carbonyl (C=O) groups is 2. The molecule has 3 nitrogen and oxygen atoms in total. The van der Waals surface area contributed by atoms with Gasteiger partial charge in [-0.05, 0) is 12.0 Å². The van der Waals surface area contributed by atoms with E-state index in [2.05, 4.69) is 5.32 Å². The predicted molar refractivity (Wildman–Crippen MR) is 55.1 cm³/mol. The molecule has 72 valence electrons. The minimum atomic E-state index is -0.259. The van der Waals surface area contributed by atoms with E-state index in [4.69, 9.17) is 0 Å². The molecule has 1 aromatic rings. The van der Waals surface area contributed by atoms with Crippen LogP contribution in [0.1, 0.15) is 5.56 Å². The maximum Gasteiger partial charge on any atom is 0.286 e. The first kappa shape index (κ1) is 9.27. The first-order valence-electron chi connectivity index (χ1n) is 4.31. The van der Waals surface area contributed by atoms with E-state index >= 15 is 0 Å². The average Bonchev–Trinajstić information content (AvgIpc) is 2.47. The van der Waals surface area contributed by atoms with E-state index in [0.29, 0.717) is 6.42 Å². The minimum absolute atomic E-state index is 0.177. The zero-order chi connectivity index (χ0) is 9.97. The number of benzene rings is 1. The Kier molecular flexibility index (Phi) is 2.54.